The summed E-state index contributed by atoms with van der Waals surface area (Å²) in [6.07, 6.45) is -0.361. The van der Waals surface area contributed by atoms with Crippen molar-refractivity contribution in [3.8, 4) is 0 Å². The summed E-state index contributed by atoms with van der Waals surface area (Å²) in [5.74, 6) is 0. The van der Waals surface area contributed by atoms with Crippen LogP contribution in [0.5, 0.6) is 0 Å². The Morgan fingerprint density at radius 2 is 1.56 bits per heavy atom. The smallest absolute Gasteiger partial charge is 0.321 e. The maximum absolute atomic E-state index is 12.8. The number of carbonyl (C=O) groups is 1. The number of nitrogens with one attached hydrogen (secondary N) is 1. The molecule has 0 saturated heterocycles. The molecule has 2 amide bonds. The molecule has 0 radical (unpaired) electrons. The molecule has 0 unspecified atom stereocenters. The number of hydrogen-bond acceptors (Lipinski definition) is 3. The Kier molecular flexibility index (Phi) is 6.95. The molecular formula is C25H26ClN3O3. The molecule has 0 aliphatic heterocycles. The van der Waals surface area contributed by atoms with Gasteiger partial charge in [-0.3, -0.25) is 0 Å². The van der Waals surface area contributed by atoms with Crippen molar-refractivity contribution >= 4 is 45.1 Å². The number of anilines is 1. The molecule has 4 rings (SSSR count). The van der Waals surface area contributed by atoms with E-state index in [4.69, 9.17) is 11.6 Å². The highest BCUT2D eigenvalue weighted by atomic mass is 35.5. The van der Waals surface area contributed by atoms with Gasteiger partial charge >= 0.3 is 6.03 Å². The summed E-state index contributed by atoms with van der Waals surface area (Å²) in [4.78, 5) is 14.4. The van der Waals surface area contributed by atoms with E-state index < -0.39 is 6.10 Å². The minimum atomic E-state index is -0.788. The lowest BCUT2D eigenvalue weighted by Crippen LogP contribution is -2.42. The van der Waals surface area contributed by atoms with Crippen LogP contribution in [0.15, 0.2) is 72.8 Å². The summed E-state index contributed by atoms with van der Waals surface area (Å²) < 4.78 is 2.09. The highest BCUT2D eigenvalue weighted by Gasteiger charge is 2.20. The van der Waals surface area contributed by atoms with E-state index in [1.165, 1.54) is 4.90 Å². The van der Waals surface area contributed by atoms with E-state index in [-0.39, 0.29) is 19.2 Å². The van der Waals surface area contributed by atoms with E-state index in [1.54, 1.807) is 24.3 Å². The monoisotopic (exact) mass is 451 g/mol. The van der Waals surface area contributed by atoms with Crippen LogP contribution in [0, 0.1) is 0 Å². The Hall–Kier alpha value is -3.06. The van der Waals surface area contributed by atoms with E-state index >= 15 is 0 Å². The minimum Gasteiger partial charge on any atom is -0.396 e. The molecule has 32 heavy (non-hydrogen) atoms. The minimum absolute atomic E-state index is 0.0340. The fraction of sp³-hybridized carbons (Fsp3) is 0.240. The molecule has 3 N–H and O–H groups in total. The van der Waals surface area contributed by atoms with Crippen LogP contribution in [-0.4, -0.2) is 51.5 Å². The number of carbonyl (C=O) groups excluding carboxylic acids is 1. The number of halogens is 1. The topological polar surface area (TPSA) is 77.7 Å². The van der Waals surface area contributed by atoms with Gasteiger partial charge in [-0.05, 0) is 42.8 Å². The molecule has 1 atom stereocenters. The lowest BCUT2D eigenvalue weighted by molar-refractivity contribution is 0.109. The lowest BCUT2D eigenvalue weighted by atomic mass is 10.2. The van der Waals surface area contributed by atoms with E-state index in [0.29, 0.717) is 30.2 Å². The zero-order chi connectivity index (χ0) is 22.5. The second kappa shape index (κ2) is 10.0. The maximum Gasteiger partial charge on any atom is 0.321 e. The van der Waals surface area contributed by atoms with E-state index in [0.717, 1.165) is 21.8 Å². The maximum atomic E-state index is 12.8. The number of fused-ring (bicyclic) bond motifs is 3. The molecule has 4 aromatic rings. The summed E-state index contributed by atoms with van der Waals surface area (Å²) in [6, 6.07) is 22.7. The SMILES string of the molecule is O=C(Nc1ccc(Cl)cc1)N(CCCO)C[C@H](O)Cn1c2ccccc2c2ccccc21. The Morgan fingerprint density at radius 3 is 2.16 bits per heavy atom. The van der Waals surface area contributed by atoms with Crippen LogP contribution in [0.3, 0.4) is 0 Å². The molecule has 166 valence electrons. The first-order valence-electron chi connectivity index (χ1n) is 10.6. The molecule has 0 bridgehead atoms. The van der Waals surface area contributed by atoms with Crippen LogP contribution < -0.4 is 5.32 Å². The van der Waals surface area contributed by atoms with Crippen molar-refractivity contribution in [2.45, 2.75) is 19.1 Å². The van der Waals surface area contributed by atoms with Gasteiger partial charge in [-0.2, -0.15) is 0 Å². The van der Waals surface area contributed by atoms with Crippen LogP contribution in [0.4, 0.5) is 10.5 Å². The summed E-state index contributed by atoms with van der Waals surface area (Å²) in [5, 5.41) is 25.9. The van der Waals surface area contributed by atoms with E-state index in [1.807, 2.05) is 36.4 Å². The van der Waals surface area contributed by atoms with Gasteiger partial charge < -0.3 is 25.0 Å². The third-order valence-corrected chi connectivity index (χ3v) is 5.73. The fourth-order valence-electron chi connectivity index (χ4n) is 4.00. The standard InChI is InChI=1S/C25H26ClN3O3/c26-18-10-12-19(13-11-18)27-25(32)28(14-5-15-30)16-20(31)17-29-23-8-3-1-6-21(23)22-7-2-4-9-24(22)29/h1-4,6-13,20,30-31H,5,14-17H2,(H,27,32)/t20-/m0/s1. The molecule has 0 spiro atoms. The molecule has 0 fully saturated rings. The Labute approximate surface area is 191 Å². The third-order valence-electron chi connectivity index (χ3n) is 5.47. The molecule has 1 heterocycles. The van der Waals surface area contributed by atoms with Crippen molar-refractivity contribution in [1.29, 1.82) is 0 Å². The van der Waals surface area contributed by atoms with Gasteiger partial charge in [0.25, 0.3) is 0 Å². The summed E-state index contributed by atoms with van der Waals surface area (Å²) in [7, 11) is 0. The van der Waals surface area contributed by atoms with Crippen LogP contribution in [0.1, 0.15) is 6.42 Å². The first-order chi connectivity index (χ1) is 15.6. The van der Waals surface area contributed by atoms with Gasteiger partial charge in [0.2, 0.25) is 0 Å². The summed E-state index contributed by atoms with van der Waals surface area (Å²) >= 11 is 5.91. The first-order valence-corrected chi connectivity index (χ1v) is 11.0. The van der Waals surface area contributed by atoms with Crippen molar-refractivity contribution in [1.82, 2.24) is 9.47 Å². The summed E-state index contributed by atoms with van der Waals surface area (Å²) in [5.41, 5.74) is 2.70. The second-order valence-electron chi connectivity index (χ2n) is 7.76. The van der Waals surface area contributed by atoms with Crippen molar-refractivity contribution < 1.29 is 15.0 Å². The van der Waals surface area contributed by atoms with Crippen LogP contribution in [0.2, 0.25) is 5.02 Å². The molecule has 0 saturated carbocycles. The molecule has 1 aromatic heterocycles. The highest BCUT2D eigenvalue weighted by molar-refractivity contribution is 6.30. The summed E-state index contributed by atoms with van der Waals surface area (Å²) in [6.45, 7) is 0.784. The van der Waals surface area contributed by atoms with Crippen molar-refractivity contribution in [3.63, 3.8) is 0 Å². The van der Waals surface area contributed by atoms with Crippen LogP contribution >= 0.6 is 11.6 Å². The van der Waals surface area contributed by atoms with Gasteiger partial charge in [-0.1, -0.05) is 48.0 Å². The molecule has 0 aliphatic rings. The number of aliphatic hydroxyl groups excluding tert-OH is 2. The Morgan fingerprint density at radius 1 is 0.969 bits per heavy atom. The van der Waals surface area contributed by atoms with Gasteiger partial charge in [0.15, 0.2) is 0 Å². The third kappa shape index (κ3) is 4.88. The largest absolute Gasteiger partial charge is 0.396 e. The number of hydrogen-bond donors (Lipinski definition) is 3. The van der Waals surface area contributed by atoms with E-state index in [2.05, 4.69) is 22.0 Å². The first kappa shape index (κ1) is 22.1. The van der Waals surface area contributed by atoms with Gasteiger partial charge in [0.05, 0.1) is 19.2 Å². The number of aliphatic hydroxyl groups is 2. The number of urea groups is 1. The Balaban J connectivity index is 1.53. The van der Waals surface area contributed by atoms with Gasteiger partial charge in [0.1, 0.15) is 0 Å². The normalized spacial score (nSPS) is 12.2. The van der Waals surface area contributed by atoms with Crippen molar-refractivity contribution in [2.24, 2.45) is 0 Å². The number of nitrogens with zero attached hydrogens (tertiary/aromatic N) is 2. The number of aromatic nitrogens is 1. The average molecular weight is 452 g/mol. The van der Waals surface area contributed by atoms with Crippen LogP contribution in [0.25, 0.3) is 21.8 Å². The number of para-hydroxylation sites is 2. The Bertz CT molecular complexity index is 1150. The van der Waals surface area contributed by atoms with Crippen molar-refractivity contribution in [2.75, 3.05) is 25.0 Å². The number of amides is 2. The average Bonchev–Trinajstić information content (AvgIpc) is 3.12. The fourth-order valence-corrected chi connectivity index (χ4v) is 4.12. The zero-order valence-electron chi connectivity index (χ0n) is 17.6. The van der Waals surface area contributed by atoms with Gasteiger partial charge in [-0.15, -0.1) is 0 Å². The molecule has 7 heteroatoms. The predicted octanol–water partition coefficient (Wildman–Crippen LogP) is 4.73. The van der Waals surface area contributed by atoms with Gasteiger partial charge in [-0.25, -0.2) is 4.79 Å². The quantitative estimate of drug-likeness (QED) is 0.362. The highest BCUT2D eigenvalue weighted by Crippen LogP contribution is 2.29. The molecule has 6 nitrogen and oxygen atoms in total. The number of rotatable bonds is 8. The lowest BCUT2D eigenvalue weighted by Gasteiger charge is -2.26. The molecule has 0 aliphatic carbocycles. The van der Waals surface area contributed by atoms with E-state index in [9.17, 15) is 15.0 Å². The number of benzene rings is 3. The molecular weight excluding hydrogens is 426 g/mol. The van der Waals surface area contributed by atoms with Crippen LogP contribution in [-0.2, 0) is 6.54 Å². The zero-order valence-corrected chi connectivity index (χ0v) is 18.4. The predicted molar refractivity (Wildman–Crippen MR) is 129 cm³/mol. The second-order valence-corrected chi connectivity index (χ2v) is 8.20. The van der Waals surface area contributed by atoms with Crippen molar-refractivity contribution in [3.05, 3.63) is 77.8 Å². The molecule has 3 aromatic carbocycles. The van der Waals surface area contributed by atoms with Gasteiger partial charge in [0, 0.05) is 45.7 Å².